The van der Waals surface area contributed by atoms with Gasteiger partial charge in [0.15, 0.2) is 0 Å². The second kappa shape index (κ2) is 6.65. The molecular formula is C14H14BrF2NOS. The molecule has 1 N–H and O–H groups in total. The molecule has 2 rings (SSSR count). The van der Waals surface area contributed by atoms with E-state index in [9.17, 15) is 8.78 Å². The highest BCUT2D eigenvalue weighted by Gasteiger charge is 2.21. The molecule has 2 nitrogen and oxygen atoms in total. The maximum absolute atomic E-state index is 12.5. The van der Waals surface area contributed by atoms with Crippen LogP contribution in [0.4, 0.5) is 8.78 Å². The van der Waals surface area contributed by atoms with Gasteiger partial charge in [0, 0.05) is 10.4 Å². The molecule has 0 amide bonds. The van der Waals surface area contributed by atoms with E-state index in [0.29, 0.717) is 5.56 Å². The van der Waals surface area contributed by atoms with Crippen LogP contribution in [-0.4, -0.2) is 13.7 Å². The quantitative estimate of drug-likeness (QED) is 0.830. The van der Waals surface area contributed by atoms with Crippen molar-refractivity contribution in [3.8, 4) is 5.75 Å². The predicted octanol–water partition coefficient (Wildman–Crippen LogP) is 4.73. The Labute approximate surface area is 128 Å². The van der Waals surface area contributed by atoms with Crippen LogP contribution in [0.5, 0.6) is 5.75 Å². The lowest BCUT2D eigenvalue weighted by Gasteiger charge is -2.20. The molecule has 1 atom stereocenters. The van der Waals surface area contributed by atoms with Gasteiger partial charge in [0.1, 0.15) is 5.75 Å². The van der Waals surface area contributed by atoms with Crippen molar-refractivity contribution in [2.75, 3.05) is 7.05 Å². The molecule has 0 saturated heterocycles. The van der Waals surface area contributed by atoms with Crippen LogP contribution >= 0.6 is 27.3 Å². The van der Waals surface area contributed by atoms with Crippen LogP contribution in [0.3, 0.4) is 0 Å². The molecule has 1 aromatic carbocycles. The number of rotatable bonds is 5. The number of aryl methyl sites for hydroxylation is 1. The minimum atomic E-state index is -2.83. The molecule has 20 heavy (non-hydrogen) atoms. The lowest BCUT2D eigenvalue weighted by atomic mass is 9.99. The van der Waals surface area contributed by atoms with E-state index in [0.717, 1.165) is 14.2 Å². The predicted molar refractivity (Wildman–Crippen MR) is 80.7 cm³/mol. The first kappa shape index (κ1) is 15.4. The van der Waals surface area contributed by atoms with Gasteiger partial charge in [-0.15, -0.1) is 11.3 Å². The van der Waals surface area contributed by atoms with Gasteiger partial charge in [-0.05, 0) is 47.6 Å². The maximum Gasteiger partial charge on any atom is 0.387 e. The van der Waals surface area contributed by atoms with Gasteiger partial charge in [-0.3, -0.25) is 0 Å². The van der Waals surface area contributed by atoms with Crippen LogP contribution in [0.2, 0.25) is 0 Å². The summed E-state index contributed by atoms with van der Waals surface area (Å²) in [6.07, 6.45) is 0. The van der Waals surface area contributed by atoms with Crippen molar-refractivity contribution in [3.63, 3.8) is 0 Å². The van der Waals surface area contributed by atoms with E-state index in [1.54, 1.807) is 36.6 Å². The Kier molecular flexibility index (Phi) is 5.12. The fourth-order valence-corrected chi connectivity index (χ4v) is 3.89. The molecule has 6 heteroatoms. The van der Waals surface area contributed by atoms with Crippen molar-refractivity contribution in [2.24, 2.45) is 0 Å². The number of ether oxygens (including phenoxy) is 1. The summed E-state index contributed by atoms with van der Waals surface area (Å²) in [4.78, 5) is 1.13. The summed E-state index contributed by atoms with van der Waals surface area (Å²) < 4.78 is 30.6. The fourth-order valence-electron chi connectivity index (χ4n) is 2.15. The van der Waals surface area contributed by atoms with Gasteiger partial charge in [0.05, 0.1) is 9.83 Å². The largest absolute Gasteiger partial charge is 0.434 e. The SMILES string of the molecule is CNC(c1ccccc1OC(F)F)c1cc(Br)sc1C. The first-order valence-corrected chi connectivity index (χ1v) is 7.60. The van der Waals surface area contributed by atoms with Gasteiger partial charge < -0.3 is 10.1 Å². The molecule has 0 fully saturated rings. The maximum atomic E-state index is 12.5. The van der Waals surface area contributed by atoms with Crippen LogP contribution in [-0.2, 0) is 0 Å². The average molecular weight is 362 g/mol. The van der Waals surface area contributed by atoms with E-state index in [1.165, 1.54) is 0 Å². The van der Waals surface area contributed by atoms with Crippen LogP contribution in [0, 0.1) is 6.92 Å². The molecule has 1 heterocycles. The molecule has 0 saturated carbocycles. The smallest absolute Gasteiger partial charge is 0.387 e. The number of halogens is 3. The Morgan fingerprint density at radius 1 is 1.25 bits per heavy atom. The summed E-state index contributed by atoms with van der Waals surface area (Å²) in [5.41, 5.74) is 1.75. The van der Waals surface area contributed by atoms with E-state index in [-0.39, 0.29) is 11.8 Å². The van der Waals surface area contributed by atoms with E-state index in [1.807, 2.05) is 19.1 Å². The van der Waals surface area contributed by atoms with Crippen molar-refractivity contribution in [2.45, 2.75) is 19.6 Å². The molecule has 1 unspecified atom stereocenters. The number of hydrogen-bond donors (Lipinski definition) is 1. The molecule has 108 valence electrons. The number of benzene rings is 1. The van der Waals surface area contributed by atoms with Gasteiger partial charge in [0.25, 0.3) is 0 Å². The lowest BCUT2D eigenvalue weighted by molar-refractivity contribution is -0.0506. The third kappa shape index (κ3) is 3.37. The molecule has 0 aliphatic carbocycles. The van der Waals surface area contributed by atoms with E-state index in [4.69, 9.17) is 0 Å². The third-order valence-electron chi connectivity index (χ3n) is 2.97. The molecule has 0 radical (unpaired) electrons. The molecule has 1 aromatic heterocycles. The Hall–Kier alpha value is -0.980. The number of thiophene rings is 1. The molecule has 0 bridgehead atoms. The zero-order chi connectivity index (χ0) is 14.7. The van der Waals surface area contributed by atoms with Gasteiger partial charge in [-0.2, -0.15) is 8.78 Å². The Morgan fingerprint density at radius 3 is 2.50 bits per heavy atom. The van der Waals surface area contributed by atoms with Crippen LogP contribution < -0.4 is 10.1 Å². The van der Waals surface area contributed by atoms with Crippen molar-refractivity contribution in [1.29, 1.82) is 0 Å². The van der Waals surface area contributed by atoms with Crippen molar-refractivity contribution in [3.05, 3.63) is 50.1 Å². The Balaban J connectivity index is 2.44. The molecule has 0 aliphatic rings. The first-order chi connectivity index (χ1) is 9.52. The second-order valence-electron chi connectivity index (χ2n) is 4.20. The molecular weight excluding hydrogens is 348 g/mol. The van der Waals surface area contributed by atoms with Crippen molar-refractivity contribution >= 4 is 27.3 Å². The normalized spacial score (nSPS) is 12.7. The van der Waals surface area contributed by atoms with E-state index >= 15 is 0 Å². The number of para-hydroxylation sites is 1. The Bertz CT molecular complexity index is 588. The summed E-state index contributed by atoms with van der Waals surface area (Å²) in [7, 11) is 1.80. The summed E-state index contributed by atoms with van der Waals surface area (Å²) in [6.45, 7) is -0.824. The minimum Gasteiger partial charge on any atom is -0.434 e. The summed E-state index contributed by atoms with van der Waals surface area (Å²) in [5, 5.41) is 3.16. The topological polar surface area (TPSA) is 21.3 Å². The highest BCUT2D eigenvalue weighted by atomic mass is 79.9. The van der Waals surface area contributed by atoms with Gasteiger partial charge in [-0.1, -0.05) is 18.2 Å². The van der Waals surface area contributed by atoms with Crippen molar-refractivity contribution in [1.82, 2.24) is 5.32 Å². The van der Waals surface area contributed by atoms with Crippen molar-refractivity contribution < 1.29 is 13.5 Å². The summed E-state index contributed by atoms with van der Waals surface area (Å²) in [5.74, 6) is 0.198. The highest BCUT2D eigenvalue weighted by Crippen LogP contribution is 2.37. The van der Waals surface area contributed by atoms with E-state index < -0.39 is 6.61 Å². The first-order valence-electron chi connectivity index (χ1n) is 5.99. The lowest BCUT2D eigenvalue weighted by Crippen LogP contribution is -2.19. The number of hydrogen-bond acceptors (Lipinski definition) is 3. The van der Waals surface area contributed by atoms with Crippen LogP contribution in [0.1, 0.15) is 22.0 Å². The minimum absolute atomic E-state index is 0.188. The summed E-state index contributed by atoms with van der Waals surface area (Å²) in [6, 6.07) is 8.67. The zero-order valence-corrected chi connectivity index (χ0v) is 13.4. The Morgan fingerprint density at radius 2 is 1.95 bits per heavy atom. The second-order valence-corrected chi connectivity index (χ2v) is 6.84. The average Bonchev–Trinajstić information content (AvgIpc) is 2.71. The van der Waals surface area contributed by atoms with Gasteiger partial charge in [0.2, 0.25) is 0 Å². The number of nitrogens with one attached hydrogen (secondary N) is 1. The molecule has 0 aliphatic heterocycles. The fraction of sp³-hybridized carbons (Fsp3) is 0.286. The van der Waals surface area contributed by atoms with Crippen LogP contribution in [0.15, 0.2) is 34.1 Å². The van der Waals surface area contributed by atoms with Gasteiger partial charge in [-0.25, -0.2) is 0 Å². The zero-order valence-electron chi connectivity index (χ0n) is 11.0. The molecule has 0 spiro atoms. The monoisotopic (exact) mass is 361 g/mol. The highest BCUT2D eigenvalue weighted by molar-refractivity contribution is 9.11. The molecule has 2 aromatic rings. The summed E-state index contributed by atoms with van der Waals surface area (Å²) >= 11 is 5.07. The third-order valence-corrected chi connectivity index (χ3v) is 4.54. The standard InChI is InChI=1S/C14H14BrF2NOS/c1-8-10(7-12(15)20-8)13(18-2)9-5-3-4-6-11(9)19-14(16)17/h3-7,13-14,18H,1-2H3. The number of alkyl halides is 2. The van der Waals surface area contributed by atoms with Crippen LogP contribution in [0.25, 0.3) is 0 Å². The van der Waals surface area contributed by atoms with E-state index in [2.05, 4.69) is 26.0 Å². The van der Waals surface area contributed by atoms with Gasteiger partial charge >= 0.3 is 6.61 Å².